The Morgan fingerprint density at radius 3 is 2.40 bits per heavy atom. The molecule has 0 saturated heterocycles. The molecule has 4 rings (SSSR count). The van der Waals surface area contributed by atoms with Crippen LogP contribution >= 0.6 is 15.9 Å². The number of aliphatic carboxylic acids is 1. The number of carbonyl (C=O) groups is 2. The second-order valence-electron chi connectivity index (χ2n) is 10.1. The van der Waals surface area contributed by atoms with Crippen molar-refractivity contribution >= 4 is 33.5 Å². The number of amides is 1. The molecule has 1 heterocycles. The number of anilines is 1. The molecule has 1 aliphatic rings. The molecule has 3 aromatic carbocycles. The number of hydrogen-bond donors (Lipinski definition) is 1. The lowest BCUT2D eigenvalue weighted by molar-refractivity contribution is -0.143. The zero-order valence-electron chi connectivity index (χ0n) is 20.5. The van der Waals surface area contributed by atoms with Crippen LogP contribution in [0, 0.1) is 0 Å². The normalized spacial score (nSPS) is 17.6. The van der Waals surface area contributed by atoms with Crippen LogP contribution in [0.15, 0.2) is 71.2 Å². The number of nitrogens with zero attached hydrogens (tertiary/aromatic N) is 1. The molecule has 0 fully saturated rings. The van der Waals surface area contributed by atoms with Gasteiger partial charge >= 0.3 is 5.97 Å². The molecule has 35 heavy (non-hydrogen) atoms. The minimum Gasteiger partial charge on any atom is -0.496 e. The molecule has 5 nitrogen and oxygen atoms in total. The summed E-state index contributed by atoms with van der Waals surface area (Å²) in [6.07, 6.45) is 1.08. The van der Waals surface area contributed by atoms with Gasteiger partial charge < -0.3 is 9.84 Å². The Labute approximate surface area is 214 Å². The van der Waals surface area contributed by atoms with Gasteiger partial charge in [0.1, 0.15) is 11.3 Å². The molecular formula is C29H30BrNO4. The van der Waals surface area contributed by atoms with Gasteiger partial charge in [-0.1, -0.05) is 73.1 Å². The minimum atomic E-state index is -1.42. The zero-order chi connectivity index (χ0) is 25.4. The van der Waals surface area contributed by atoms with Crippen LogP contribution in [0.4, 0.5) is 5.69 Å². The Kier molecular flexibility index (Phi) is 6.78. The van der Waals surface area contributed by atoms with E-state index in [2.05, 4.69) is 36.7 Å². The summed E-state index contributed by atoms with van der Waals surface area (Å²) >= 11 is 3.51. The molecular weight excluding hydrogens is 506 g/mol. The highest BCUT2D eigenvalue weighted by Crippen LogP contribution is 2.42. The van der Waals surface area contributed by atoms with E-state index in [1.165, 1.54) is 4.90 Å². The summed E-state index contributed by atoms with van der Waals surface area (Å²) < 4.78 is 6.53. The Balaban J connectivity index is 1.89. The van der Waals surface area contributed by atoms with Crippen molar-refractivity contribution in [3.8, 4) is 5.75 Å². The van der Waals surface area contributed by atoms with Gasteiger partial charge in [-0.05, 0) is 65.3 Å². The molecule has 1 N–H and O–H groups in total. The van der Waals surface area contributed by atoms with E-state index in [0.717, 1.165) is 21.2 Å². The average molecular weight is 536 g/mol. The highest BCUT2D eigenvalue weighted by Gasteiger charge is 2.50. The highest BCUT2D eigenvalue weighted by molar-refractivity contribution is 9.10. The lowest BCUT2D eigenvalue weighted by Crippen LogP contribution is -2.61. The Morgan fingerprint density at radius 1 is 1.06 bits per heavy atom. The first-order valence-corrected chi connectivity index (χ1v) is 12.4. The molecule has 0 radical (unpaired) electrons. The molecule has 3 aromatic rings. The van der Waals surface area contributed by atoms with Crippen molar-refractivity contribution in [2.75, 3.05) is 12.0 Å². The molecule has 1 amide bonds. The van der Waals surface area contributed by atoms with Crippen LogP contribution in [0.3, 0.4) is 0 Å². The van der Waals surface area contributed by atoms with Crippen molar-refractivity contribution in [3.05, 3.63) is 93.5 Å². The van der Waals surface area contributed by atoms with Crippen LogP contribution in [0.25, 0.3) is 0 Å². The maximum absolute atomic E-state index is 14.2. The SMILES string of the molecule is COc1cc(C(=O)N2c3ccc(Br)cc3CCC2(Cc2ccccc2)C(=O)O)ccc1C(C)(C)C. The van der Waals surface area contributed by atoms with Gasteiger partial charge in [-0.15, -0.1) is 0 Å². The molecule has 1 atom stereocenters. The second kappa shape index (κ2) is 9.50. The van der Waals surface area contributed by atoms with Gasteiger partial charge in [0.2, 0.25) is 0 Å². The van der Waals surface area contributed by atoms with Crippen molar-refractivity contribution in [3.63, 3.8) is 0 Å². The number of carbonyl (C=O) groups excluding carboxylic acids is 1. The van der Waals surface area contributed by atoms with E-state index in [-0.39, 0.29) is 17.7 Å². The lowest BCUT2D eigenvalue weighted by atomic mass is 9.78. The van der Waals surface area contributed by atoms with Crippen LogP contribution in [-0.2, 0) is 23.1 Å². The van der Waals surface area contributed by atoms with E-state index in [1.54, 1.807) is 19.2 Å². The molecule has 0 spiro atoms. The van der Waals surface area contributed by atoms with E-state index in [4.69, 9.17) is 4.74 Å². The minimum absolute atomic E-state index is 0.172. The number of hydrogen-bond acceptors (Lipinski definition) is 3. The third kappa shape index (κ3) is 4.72. The number of fused-ring (bicyclic) bond motifs is 1. The van der Waals surface area contributed by atoms with E-state index >= 15 is 0 Å². The van der Waals surface area contributed by atoms with Crippen molar-refractivity contribution in [2.24, 2.45) is 0 Å². The summed E-state index contributed by atoms with van der Waals surface area (Å²) in [5.74, 6) is -0.757. The summed E-state index contributed by atoms with van der Waals surface area (Å²) in [6, 6.07) is 20.5. The standard InChI is InChI=1S/C29H30BrNO4/c1-28(2,3)23-12-10-21(17-25(23)35-4)26(32)31-24-13-11-22(30)16-20(24)14-15-29(31,27(33)34)18-19-8-6-5-7-9-19/h5-13,16-17H,14-15,18H2,1-4H3,(H,33,34). The Bertz CT molecular complexity index is 1270. The van der Waals surface area contributed by atoms with Gasteiger partial charge in [-0.3, -0.25) is 9.69 Å². The lowest BCUT2D eigenvalue weighted by Gasteiger charge is -2.45. The maximum atomic E-state index is 14.2. The summed E-state index contributed by atoms with van der Waals surface area (Å²) in [5.41, 5.74) is 2.22. The van der Waals surface area contributed by atoms with Gasteiger partial charge in [0, 0.05) is 22.1 Å². The van der Waals surface area contributed by atoms with Gasteiger partial charge in [0.15, 0.2) is 0 Å². The Hall–Kier alpha value is -3.12. The number of carboxylic acids is 1. The third-order valence-corrected chi connectivity index (χ3v) is 7.21. The van der Waals surface area contributed by atoms with Crippen molar-refractivity contribution in [1.29, 1.82) is 0 Å². The van der Waals surface area contributed by atoms with Gasteiger partial charge in [-0.2, -0.15) is 0 Å². The van der Waals surface area contributed by atoms with Crippen LogP contribution < -0.4 is 9.64 Å². The number of halogens is 1. The van der Waals surface area contributed by atoms with Crippen LogP contribution in [0.1, 0.15) is 54.2 Å². The highest BCUT2D eigenvalue weighted by atomic mass is 79.9. The number of aryl methyl sites for hydroxylation is 1. The van der Waals surface area contributed by atoms with Crippen LogP contribution in [0.2, 0.25) is 0 Å². The molecule has 0 saturated carbocycles. The molecule has 182 valence electrons. The average Bonchev–Trinajstić information content (AvgIpc) is 2.83. The van der Waals surface area contributed by atoms with Gasteiger partial charge in [-0.25, -0.2) is 4.79 Å². The fourth-order valence-corrected chi connectivity index (χ4v) is 5.32. The first-order valence-electron chi connectivity index (χ1n) is 11.7. The van der Waals surface area contributed by atoms with E-state index in [1.807, 2.05) is 54.6 Å². The number of carboxylic acid groups (broad SMARTS) is 1. The summed E-state index contributed by atoms with van der Waals surface area (Å²) in [4.78, 5) is 28.7. The Morgan fingerprint density at radius 2 is 1.77 bits per heavy atom. The molecule has 6 heteroatoms. The van der Waals surface area contributed by atoms with Crippen molar-refractivity contribution < 1.29 is 19.4 Å². The first-order chi connectivity index (χ1) is 16.6. The quantitative estimate of drug-likeness (QED) is 0.409. The zero-order valence-corrected chi connectivity index (χ0v) is 22.1. The van der Waals surface area contributed by atoms with Gasteiger partial charge in [0.25, 0.3) is 5.91 Å². The van der Waals surface area contributed by atoms with E-state index < -0.39 is 11.5 Å². The number of ether oxygens (including phenoxy) is 1. The van der Waals surface area contributed by atoms with Crippen molar-refractivity contribution in [2.45, 2.75) is 51.0 Å². The van der Waals surface area contributed by atoms with Crippen molar-refractivity contribution in [1.82, 2.24) is 0 Å². The van der Waals surface area contributed by atoms with Crippen LogP contribution in [-0.4, -0.2) is 29.6 Å². The predicted molar refractivity (Wildman–Crippen MR) is 141 cm³/mol. The predicted octanol–water partition coefficient (Wildman–Crippen LogP) is 6.41. The molecule has 0 aromatic heterocycles. The van der Waals surface area contributed by atoms with Crippen LogP contribution in [0.5, 0.6) is 5.75 Å². The number of benzene rings is 3. The summed E-state index contributed by atoms with van der Waals surface area (Å²) in [7, 11) is 1.59. The summed E-state index contributed by atoms with van der Waals surface area (Å²) in [6.45, 7) is 6.25. The largest absolute Gasteiger partial charge is 0.496 e. The molecule has 1 unspecified atom stereocenters. The molecule has 0 bridgehead atoms. The smallest absolute Gasteiger partial charge is 0.330 e. The topological polar surface area (TPSA) is 66.8 Å². The second-order valence-corrected chi connectivity index (χ2v) is 11.0. The fraction of sp³-hybridized carbons (Fsp3) is 0.310. The number of rotatable bonds is 5. The summed E-state index contributed by atoms with van der Waals surface area (Å²) in [5, 5.41) is 10.6. The fourth-order valence-electron chi connectivity index (χ4n) is 4.91. The van der Waals surface area contributed by atoms with E-state index in [9.17, 15) is 14.7 Å². The van der Waals surface area contributed by atoms with E-state index in [0.29, 0.717) is 29.8 Å². The first kappa shape index (κ1) is 25.0. The third-order valence-electron chi connectivity index (χ3n) is 6.72. The monoisotopic (exact) mass is 535 g/mol. The molecule has 0 aliphatic carbocycles. The number of methoxy groups -OCH3 is 1. The molecule has 1 aliphatic heterocycles. The van der Waals surface area contributed by atoms with Gasteiger partial charge in [0.05, 0.1) is 7.11 Å². The maximum Gasteiger partial charge on any atom is 0.330 e.